The average molecular weight is 444 g/mol. The maximum atomic E-state index is 14.2. The van der Waals surface area contributed by atoms with Crippen LogP contribution in [-0.2, 0) is 11.3 Å². The minimum Gasteiger partial charge on any atom is -0.377 e. The van der Waals surface area contributed by atoms with Crippen molar-refractivity contribution in [3.63, 3.8) is 0 Å². The number of unbranched alkanes of at least 4 members (excludes halogenated alkanes) is 5. The molecule has 0 aliphatic rings. The summed E-state index contributed by atoms with van der Waals surface area (Å²) in [5, 5.41) is 0. The Kier molecular flexibility index (Phi) is 11.2. The van der Waals surface area contributed by atoms with E-state index in [4.69, 9.17) is 4.74 Å². The Balaban J connectivity index is 2.51. The quantitative estimate of drug-likeness (QED) is 0.196. The van der Waals surface area contributed by atoms with Gasteiger partial charge in [-0.25, -0.2) is 0 Å². The summed E-state index contributed by atoms with van der Waals surface area (Å²) in [7, 11) is 0. The van der Waals surface area contributed by atoms with Gasteiger partial charge in [0, 0.05) is 12.5 Å². The van der Waals surface area contributed by atoms with Gasteiger partial charge < -0.3 is 4.74 Å². The fourth-order valence-electron chi connectivity index (χ4n) is 3.31. The minimum atomic E-state index is -6.27. The van der Waals surface area contributed by atoms with Crippen LogP contribution in [0.25, 0.3) is 0 Å². The van der Waals surface area contributed by atoms with Crippen LogP contribution in [0.15, 0.2) is 30.3 Å². The molecule has 0 saturated heterocycles. The summed E-state index contributed by atoms with van der Waals surface area (Å²) >= 11 is 0. The van der Waals surface area contributed by atoms with Gasteiger partial charge in [-0.15, -0.1) is 0 Å². The molecule has 0 aliphatic carbocycles. The van der Waals surface area contributed by atoms with Crippen LogP contribution in [0.2, 0.25) is 0 Å². The van der Waals surface area contributed by atoms with Crippen LogP contribution < -0.4 is 0 Å². The summed E-state index contributed by atoms with van der Waals surface area (Å²) < 4.78 is 98.5. The van der Waals surface area contributed by atoms with E-state index in [0.29, 0.717) is 32.5 Å². The second kappa shape index (κ2) is 12.5. The molecule has 1 rings (SSSR count). The number of hydrogen-bond acceptors (Lipinski definition) is 1. The lowest BCUT2D eigenvalue weighted by Gasteiger charge is -2.34. The molecule has 1 unspecified atom stereocenters. The van der Waals surface area contributed by atoms with Crippen molar-refractivity contribution < 1.29 is 35.5 Å². The van der Waals surface area contributed by atoms with Crippen molar-refractivity contribution in [3.05, 3.63) is 35.9 Å². The van der Waals surface area contributed by atoms with E-state index >= 15 is 0 Å². The summed E-state index contributed by atoms with van der Waals surface area (Å²) in [5.41, 5.74) is 0.985. The smallest absolute Gasteiger partial charge is 0.377 e. The van der Waals surface area contributed by atoms with Crippen molar-refractivity contribution in [3.8, 4) is 0 Å². The Morgan fingerprint density at radius 2 is 1.33 bits per heavy atom. The lowest BCUT2D eigenvalue weighted by molar-refractivity contribution is -0.366. The summed E-state index contributed by atoms with van der Waals surface area (Å²) in [6, 6.07) is 9.41. The van der Waals surface area contributed by atoms with Gasteiger partial charge in [-0.2, -0.15) is 30.7 Å². The van der Waals surface area contributed by atoms with Gasteiger partial charge in [0.15, 0.2) is 0 Å². The third-order valence-corrected chi connectivity index (χ3v) is 5.15. The van der Waals surface area contributed by atoms with E-state index in [1.165, 1.54) is 0 Å². The highest BCUT2D eigenvalue weighted by Gasteiger charge is 2.74. The maximum Gasteiger partial charge on any atom is 0.459 e. The summed E-state index contributed by atoms with van der Waals surface area (Å²) in [5.74, 6) is -13.2. The molecule has 30 heavy (non-hydrogen) atoms. The van der Waals surface area contributed by atoms with Crippen molar-refractivity contribution in [1.82, 2.24) is 0 Å². The van der Waals surface area contributed by atoms with E-state index in [-0.39, 0.29) is 25.7 Å². The number of rotatable bonds is 15. The van der Waals surface area contributed by atoms with Gasteiger partial charge in [0.2, 0.25) is 0 Å². The van der Waals surface area contributed by atoms with Gasteiger partial charge >= 0.3 is 18.0 Å². The zero-order valence-electron chi connectivity index (χ0n) is 17.3. The minimum absolute atomic E-state index is 0.149. The molecule has 0 bridgehead atoms. The van der Waals surface area contributed by atoms with Gasteiger partial charge in [0.05, 0.1) is 6.61 Å². The molecule has 0 saturated carbocycles. The first-order valence-corrected chi connectivity index (χ1v) is 10.5. The fraction of sp³-hybridized carbons (Fsp3) is 0.727. The van der Waals surface area contributed by atoms with Crippen LogP contribution >= 0.6 is 0 Å². The molecule has 0 N–H and O–H groups in total. The van der Waals surface area contributed by atoms with Gasteiger partial charge in [-0.3, -0.25) is 0 Å². The molecule has 0 fully saturated rings. The molecule has 0 radical (unpaired) electrons. The highest BCUT2D eigenvalue weighted by Crippen LogP contribution is 2.52. The van der Waals surface area contributed by atoms with Gasteiger partial charge in [0.25, 0.3) is 0 Å². The van der Waals surface area contributed by atoms with Crippen LogP contribution in [0.4, 0.5) is 30.7 Å². The van der Waals surface area contributed by atoms with Crippen LogP contribution in [0.5, 0.6) is 0 Å². The summed E-state index contributed by atoms with van der Waals surface area (Å²) in [6.07, 6.45) is -3.61. The second-order valence-corrected chi connectivity index (χ2v) is 7.63. The normalized spacial score (nSPS) is 14.1. The lowest BCUT2D eigenvalue weighted by Crippen LogP contribution is -2.55. The first-order valence-electron chi connectivity index (χ1n) is 10.5. The second-order valence-electron chi connectivity index (χ2n) is 7.63. The molecule has 0 spiro atoms. The molecule has 1 atom stereocenters. The maximum absolute atomic E-state index is 14.2. The highest BCUT2D eigenvalue weighted by molar-refractivity contribution is 5.13. The molecular formula is C22H31F7O. The van der Waals surface area contributed by atoms with E-state index in [2.05, 4.69) is 0 Å². The third kappa shape index (κ3) is 8.08. The van der Waals surface area contributed by atoms with Crippen molar-refractivity contribution in [2.75, 3.05) is 6.61 Å². The van der Waals surface area contributed by atoms with Crippen molar-refractivity contribution in [2.45, 2.75) is 89.3 Å². The Morgan fingerprint density at radius 3 is 1.87 bits per heavy atom. The largest absolute Gasteiger partial charge is 0.459 e. The van der Waals surface area contributed by atoms with Crippen LogP contribution in [-0.4, -0.2) is 24.6 Å². The molecule has 1 aromatic rings. The van der Waals surface area contributed by atoms with E-state index < -0.39 is 23.9 Å². The fourth-order valence-corrected chi connectivity index (χ4v) is 3.31. The van der Waals surface area contributed by atoms with E-state index in [0.717, 1.165) is 18.4 Å². The van der Waals surface area contributed by atoms with Crippen molar-refractivity contribution >= 4 is 0 Å². The first kappa shape index (κ1) is 26.7. The van der Waals surface area contributed by atoms with Crippen molar-refractivity contribution in [1.29, 1.82) is 0 Å². The average Bonchev–Trinajstić information content (AvgIpc) is 2.68. The molecule has 0 aliphatic heterocycles. The van der Waals surface area contributed by atoms with E-state index in [1.54, 1.807) is 0 Å². The number of ether oxygens (including phenoxy) is 1. The van der Waals surface area contributed by atoms with Gasteiger partial charge in [-0.05, 0) is 24.8 Å². The molecular weight excluding hydrogens is 413 g/mol. The predicted octanol–water partition coefficient (Wildman–Crippen LogP) is 8.18. The van der Waals surface area contributed by atoms with Gasteiger partial charge in [-0.1, -0.05) is 75.8 Å². The Bertz CT molecular complexity index is 573. The number of halogens is 7. The molecule has 0 aromatic heterocycles. The highest BCUT2D eigenvalue weighted by atomic mass is 19.4. The number of alkyl halides is 7. The van der Waals surface area contributed by atoms with E-state index in [9.17, 15) is 30.7 Å². The zero-order valence-corrected chi connectivity index (χ0v) is 17.3. The topological polar surface area (TPSA) is 9.23 Å². The number of hydrogen-bond donors (Lipinski definition) is 0. The van der Waals surface area contributed by atoms with Crippen LogP contribution in [0, 0.1) is 5.92 Å². The molecule has 8 heteroatoms. The Hall–Kier alpha value is -1.31. The molecule has 174 valence electrons. The zero-order chi connectivity index (χ0) is 22.7. The molecule has 1 aromatic carbocycles. The van der Waals surface area contributed by atoms with E-state index in [1.807, 2.05) is 37.3 Å². The summed E-state index contributed by atoms with van der Waals surface area (Å²) in [6.45, 7) is 2.66. The lowest BCUT2D eigenvalue weighted by atomic mass is 9.85. The van der Waals surface area contributed by atoms with Crippen LogP contribution in [0.1, 0.15) is 70.3 Å². The standard InChI is InChI=1S/C22H31F7O/c1-2-3-4-9-14-19(20(23,24)21(25,26)22(27,28)29)15-10-6-11-16-30-17-18-12-7-5-8-13-18/h5,7-8,12-13,19H,2-4,6,9-11,14-17H2,1H3. The van der Waals surface area contributed by atoms with Crippen molar-refractivity contribution in [2.24, 2.45) is 5.92 Å². The molecule has 1 nitrogen and oxygen atoms in total. The first-order chi connectivity index (χ1) is 14.0. The predicted molar refractivity (Wildman–Crippen MR) is 103 cm³/mol. The molecule has 0 amide bonds. The summed E-state index contributed by atoms with van der Waals surface area (Å²) in [4.78, 5) is 0. The monoisotopic (exact) mass is 444 g/mol. The van der Waals surface area contributed by atoms with Crippen LogP contribution in [0.3, 0.4) is 0 Å². The SMILES string of the molecule is CCCCCCC(CCCCCOCc1ccccc1)C(F)(F)C(F)(F)C(F)(F)F. The number of benzene rings is 1. The molecule has 0 heterocycles. The third-order valence-electron chi connectivity index (χ3n) is 5.15. The Morgan fingerprint density at radius 1 is 0.767 bits per heavy atom. The van der Waals surface area contributed by atoms with Gasteiger partial charge in [0.1, 0.15) is 0 Å². The Labute approximate surface area is 174 Å².